The van der Waals surface area contributed by atoms with E-state index < -0.39 is 0 Å². The van der Waals surface area contributed by atoms with Crippen LogP contribution in [0, 0.1) is 0 Å². The van der Waals surface area contributed by atoms with E-state index in [2.05, 4.69) is 25.6 Å². The van der Waals surface area contributed by atoms with E-state index in [4.69, 9.17) is 21.1 Å². The zero-order valence-electron chi connectivity index (χ0n) is 12.8. The molecule has 0 spiro atoms. The summed E-state index contributed by atoms with van der Waals surface area (Å²) in [7, 11) is 1.78. The third kappa shape index (κ3) is 4.00. The van der Waals surface area contributed by atoms with Crippen molar-refractivity contribution in [2.75, 3.05) is 30.9 Å². The Hall–Kier alpha value is -2.12. The van der Waals surface area contributed by atoms with Crippen molar-refractivity contribution in [3.8, 4) is 5.88 Å². The van der Waals surface area contributed by atoms with Gasteiger partial charge in [-0.25, -0.2) is 15.0 Å². The number of hydrogen-bond acceptors (Lipinski definition) is 7. The van der Waals surface area contributed by atoms with Crippen molar-refractivity contribution in [2.24, 2.45) is 0 Å². The standard InChI is InChI=1S/C15H18ClN5O2/c1-17-13-14(16)20-9-21-15(13)19-7-10-2-4-18-12(6-10)23-11-3-5-22-8-11/h2,4,6,9,11,17H,3,5,7-8H2,1H3,(H,19,20,21). The molecule has 0 saturated carbocycles. The summed E-state index contributed by atoms with van der Waals surface area (Å²) in [6.07, 6.45) is 4.14. The van der Waals surface area contributed by atoms with Crippen LogP contribution in [0.25, 0.3) is 0 Å². The number of halogens is 1. The molecule has 122 valence electrons. The van der Waals surface area contributed by atoms with Crippen LogP contribution in [-0.4, -0.2) is 41.3 Å². The van der Waals surface area contributed by atoms with Crippen molar-refractivity contribution >= 4 is 23.1 Å². The van der Waals surface area contributed by atoms with Gasteiger partial charge in [-0.1, -0.05) is 11.6 Å². The lowest BCUT2D eigenvalue weighted by atomic mass is 10.2. The van der Waals surface area contributed by atoms with E-state index in [1.165, 1.54) is 6.33 Å². The van der Waals surface area contributed by atoms with Gasteiger partial charge in [0.05, 0.1) is 13.2 Å². The summed E-state index contributed by atoms with van der Waals surface area (Å²) in [4.78, 5) is 12.4. The fraction of sp³-hybridized carbons (Fsp3) is 0.400. The lowest BCUT2D eigenvalue weighted by Crippen LogP contribution is -2.16. The van der Waals surface area contributed by atoms with Gasteiger partial charge in [0.25, 0.3) is 0 Å². The lowest BCUT2D eigenvalue weighted by Gasteiger charge is -2.13. The number of pyridine rings is 1. The van der Waals surface area contributed by atoms with Crippen LogP contribution < -0.4 is 15.4 Å². The molecule has 0 radical (unpaired) electrons. The lowest BCUT2D eigenvalue weighted by molar-refractivity contribution is 0.138. The van der Waals surface area contributed by atoms with Gasteiger partial charge in [-0.15, -0.1) is 0 Å². The van der Waals surface area contributed by atoms with E-state index in [9.17, 15) is 0 Å². The number of aromatic nitrogens is 3. The predicted octanol–water partition coefficient (Wildman–Crippen LogP) is 2.35. The van der Waals surface area contributed by atoms with E-state index in [0.717, 1.165) is 18.6 Å². The molecular weight excluding hydrogens is 318 g/mol. The van der Waals surface area contributed by atoms with Gasteiger partial charge in [-0.05, 0) is 11.6 Å². The molecule has 2 N–H and O–H groups in total. The molecule has 0 bridgehead atoms. The minimum Gasteiger partial charge on any atom is -0.472 e. The van der Waals surface area contributed by atoms with Crippen molar-refractivity contribution in [3.63, 3.8) is 0 Å². The van der Waals surface area contributed by atoms with Crippen LogP contribution in [0.2, 0.25) is 5.15 Å². The Morgan fingerprint density at radius 3 is 3.09 bits per heavy atom. The quantitative estimate of drug-likeness (QED) is 0.784. The van der Waals surface area contributed by atoms with Crippen LogP contribution in [0.3, 0.4) is 0 Å². The predicted molar refractivity (Wildman–Crippen MR) is 88.0 cm³/mol. The van der Waals surface area contributed by atoms with Gasteiger partial charge in [0.1, 0.15) is 18.1 Å². The maximum atomic E-state index is 6.04. The molecule has 2 aromatic heterocycles. The van der Waals surface area contributed by atoms with Crippen molar-refractivity contribution < 1.29 is 9.47 Å². The highest BCUT2D eigenvalue weighted by Gasteiger charge is 2.17. The smallest absolute Gasteiger partial charge is 0.213 e. The van der Waals surface area contributed by atoms with Gasteiger partial charge in [0.15, 0.2) is 11.0 Å². The second-order valence-electron chi connectivity index (χ2n) is 5.10. The summed E-state index contributed by atoms with van der Waals surface area (Å²) in [5.41, 5.74) is 1.70. The SMILES string of the molecule is CNc1c(Cl)ncnc1NCc1ccnc(OC2CCOC2)c1. The van der Waals surface area contributed by atoms with Crippen molar-refractivity contribution in [1.29, 1.82) is 0 Å². The summed E-state index contributed by atoms with van der Waals surface area (Å²) in [5.74, 6) is 1.25. The largest absolute Gasteiger partial charge is 0.472 e. The zero-order valence-corrected chi connectivity index (χ0v) is 13.5. The van der Waals surface area contributed by atoms with Crippen molar-refractivity contribution in [1.82, 2.24) is 15.0 Å². The number of nitrogens with zero attached hydrogens (tertiary/aromatic N) is 3. The van der Waals surface area contributed by atoms with Gasteiger partial charge in [-0.3, -0.25) is 0 Å². The van der Waals surface area contributed by atoms with E-state index in [1.807, 2.05) is 12.1 Å². The number of rotatable bonds is 6. The summed E-state index contributed by atoms with van der Waals surface area (Å²) < 4.78 is 11.1. The van der Waals surface area contributed by atoms with E-state index in [-0.39, 0.29) is 6.10 Å². The fourth-order valence-electron chi connectivity index (χ4n) is 2.31. The molecule has 1 unspecified atom stereocenters. The van der Waals surface area contributed by atoms with Crippen LogP contribution in [0.4, 0.5) is 11.5 Å². The number of nitrogens with one attached hydrogen (secondary N) is 2. The average Bonchev–Trinajstić information content (AvgIpc) is 3.06. The second-order valence-corrected chi connectivity index (χ2v) is 5.46. The van der Waals surface area contributed by atoms with Crippen LogP contribution in [0.1, 0.15) is 12.0 Å². The average molecular weight is 336 g/mol. The third-order valence-corrected chi connectivity index (χ3v) is 3.77. The van der Waals surface area contributed by atoms with E-state index in [1.54, 1.807) is 13.2 Å². The zero-order chi connectivity index (χ0) is 16.1. The second kappa shape index (κ2) is 7.43. The summed E-state index contributed by atoms with van der Waals surface area (Å²) in [6, 6.07) is 3.83. The van der Waals surface area contributed by atoms with Crippen LogP contribution in [0.5, 0.6) is 5.88 Å². The minimum absolute atomic E-state index is 0.0854. The molecule has 1 atom stereocenters. The minimum atomic E-state index is 0.0854. The fourth-order valence-corrected chi connectivity index (χ4v) is 2.53. The Kier molecular flexibility index (Phi) is 5.09. The molecule has 23 heavy (non-hydrogen) atoms. The van der Waals surface area contributed by atoms with Gasteiger partial charge >= 0.3 is 0 Å². The molecule has 1 fully saturated rings. The monoisotopic (exact) mass is 335 g/mol. The summed E-state index contributed by atoms with van der Waals surface area (Å²) >= 11 is 6.04. The van der Waals surface area contributed by atoms with Crippen LogP contribution in [0.15, 0.2) is 24.7 Å². The first-order valence-corrected chi connectivity index (χ1v) is 7.75. The Labute approximate surface area is 139 Å². The van der Waals surface area contributed by atoms with Crippen LogP contribution >= 0.6 is 11.6 Å². The Balaban J connectivity index is 1.65. The molecule has 1 aliphatic heterocycles. The molecule has 2 aromatic rings. The highest BCUT2D eigenvalue weighted by atomic mass is 35.5. The maximum Gasteiger partial charge on any atom is 0.213 e. The first-order chi connectivity index (χ1) is 11.3. The first-order valence-electron chi connectivity index (χ1n) is 7.37. The first kappa shape index (κ1) is 15.8. The molecular formula is C15H18ClN5O2. The molecule has 8 heteroatoms. The summed E-state index contributed by atoms with van der Waals surface area (Å²) in [6.45, 7) is 1.93. The van der Waals surface area contributed by atoms with Gasteiger partial charge in [0, 0.05) is 32.3 Å². The number of anilines is 2. The molecule has 0 amide bonds. The Morgan fingerprint density at radius 2 is 2.30 bits per heavy atom. The van der Waals surface area contributed by atoms with Crippen LogP contribution in [-0.2, 0) is 11.3 Å². The third-order valence-electron chi connectivity index (χ3n) is 3.49. The normalized spacial score (nSPS) is 17.0. The van der Waals surface area contributed by atoms with Gasteiger partial charge in [-0.2, -0.15) is 0 Å². The number of ether oxygens (including phenoxy) is 2. The molecule has 0 aromatic carbocycles. The van der Waals surface area contributed by atoms with E-state index >= 15 is 0 Å². The molecule has 3 heterocycles. The molecule has 3 rings (SSSR count). The van der Waals surface area contributed by atoms with Crippen molar-refractivity contribution in [2.45, 2.75) is 19.1 Å². The molecule has 1 saturated heterocycles. The molecule has 0 aliphatic carbocycles. The van der Waals surface area contributed by atoms with Crippen molar-refractivity contribution in [3.05, 3.63) is 35.4 Å². The highest BCUT2D eigenvalue weighted by molar-refractivity contribution is 6.32. The van der Waals surface area contributed by atoms with Gasteiger partial charge in [0.2, 0.25) is 5.88 Å². The Bertz CT molecular complexity index is 664. The summed E-state index contributed by atoms with van der Waals surface area (Å²) in [5, 5.41) is 6.61. The van der Waals surface area contributed by atoms with E-state index in [0.29, 0.717) is 35.7 Å². The molecule has 7 nitrogen and oxygen atoms in total. The maximum absolute atomic E-state index is 6.04. The Morgan fingerprint density at radius 1 is 1.39 bits per heavy atom. The number of hydrogen-bond donors (Lipinski definition) is 2. The highest BCUT2D eigenvalue weighted by Crippen LogP contribution is 2.26. The molecule has 1 aliphatic rings. The topological polar surface area (TPSA) is 81.2 Å². The van der Waals surface area contributed by atoms with Gasteiger partial charge < -0.3 is 20.1 Å².